The summed E-state index contributed by atoms with van der Waals surface area (Å²) in [5, 5.41) is 20.3. The van der Waals surface area contributed by atoms with Crippen molar-refractivity contribution in [3.63, 3.8) is 0 Å². The maximum absolute atomic E-state index is 13.5. The molecular weight excluding hydrogens is 418 g/mol. The van der Waals surface area contributed by atoms with Gasteiger partial charge in [-0.2, -0.15) is 10.2 Å². The van der Waals surface area contributed by atoms with Crippen LogP contribution in [0.4, 0.5) is 0 Å². The molecule has 176 valence electrons. The Morgan fingerprint density at radius 2 is 1.82 bits per heavy atom. The van der Waals surface area contributed by atoms with Gasteiger partial charge in [0.15, 0.2) is 0 Å². The van der Waals surface area contributed by atoms with Crippen LogP contribution in [-0.4, -0.2) is 47.3 Å². The summed E-state index contributed by atoms with van der Waals surface area (Å²) in [7, 11) is 3.65. The Hall–Kier alpha value is -2.90. The van der Waals surface area contributed by atoms with Gasteiger partial charge in [-0.3, -0.25) is 19.0 Å². The molecule has 5 rings (SSSR count). The highest BCUT2D eigenvalue weighted by molar-refractivity contribution is 6.46. The van der Waals surface area contributed by atoms with E-state index in [-0.39, 0.29) is 17.4 Å². The fraction of sp³-hybridized carbons (Fsp3) is 0.600. The van der Waals surface area contributed by atoms with E-state index in [2.05, 4.69) is 17.1 Å². The molecule has 3 heterocycles. The molecule has 2 bridgehead atoms. The van der Waals surface area contributed by atoms with E-state index in [4.69, 9.17) is 0 Å². The van der Waals surface area contributed by atoms with Crippen LogP contribution in [0, 0.1) is 38.5 Å². The number of carbonyl (C=O) groups is 2. The number of amides is 1. The minimum absolute atomic E-state index is 0.0947. The molecule has 8 nitrogen and oxygen atoms in total. The summed E-state index contributed by atoms with van der Waals surface area (Å²) in [6.07, 6.45) is 6.53. The molecule has 0 radical (unpaired) electrons. The minimum Gasteiger partial charge on any atom is -0.507 e. The smallest absolute Gasteiger partial charge is 0.295 e. The van der Waals surface area contributed by atoms with E-state index in [1.807, 2.05) is 20.9 Å². The highest BCUT2D eigenvalue weighted by atomic mass is 16.3. The number of hydrogen-bond acceptors (Lipinski definition) is 5. The standard InChI is InChI=1S/C25H33N5O3/c1-12-20(15(4)29(6)27-12)23(31)21-22(19-11-26-28(5)13(19)2)30(25(33)24(21)32)14(3)18-10-16-7-8-17(18)9-16/h11,14,16-18,22,31H,7-10H2,1-6H3/t14-,16+,17+,18+,22-/m1/s1. The number of ketones is 1. The number of aryl methyl sites for hydroxylation is 3. The first-order chi connectivity index (χ1) is 15.6. The first-order valence-corrected chi connectivity index (χ1v) is 11.9. The Balaban J connectivity index is 1.68. The number of aliphatic hydroxyl groups excluding tert-OH is 1. The van der Waals surface area contributed by atoms with E-state index in [0.717, 1.165) is 29.3 Å². The van der Waals surface area contributed by atoms with E-state index < -0.39 is 17.7 Å². The molecule has 0 aromatic carbocycles. The molecule has 2 aromatic rings. The molecule has 1 saturated heterocycles. The summed E-state index contributed by atoms with van der Waals surface area (Å²) >= 11 is 0. The average Bonchev–Trinajstić information content (AvgIpc) is 3.56. The molecule has 3 aliphatic rings. The van der Waals surface area contributed by atoms with E-state index in [0.29, 0.717) is 23.1 Å². The lowest BCUT2D eigenvalue weighted by molar-refractivity contribution is -0.142. The van der Waals surface area contributed by atoms with Gasteiger partial charge < -0.3 is 10.0 Å². The number of rotatable bonds is 4. The predicted octanol–water partition coefficient (Wildman–Crippen LogP) is 3.33. The molecule has 1 amide bonds. The Labute approximate surface area is 194 Å². The number of aliphatic hydroxyl groups is 1. The van der Waals surface area contributed by atoms with Gasteiger partial charge in [0.25, 0.3) is 11.7 Å². The zero-order valence-electron chi connectivity index (χ0n) is 20.3. The zero-order valence-corrected chi connectivity index (χ0v) is 20.3. The first-order valence-electron chi connectivity index (χ1n) is 11.9. The Kier molecular flexibility index (Phi) is 5.03. The van der Waals surface area contributed by atoms with Crippen LogP contribution in [0.15, 0.2) is 11.8 Å². The average molecular weight is 452 g/mol. The zero-order chi connectivity index (χ0) is 23.8. The number of nitrogens with zero attached hydrogens (tertiary/aromatic N) is 5. The fourth-order valence-electron chi connectivity index (χ4n) is 6.70. The van der Waals surface area contributed by atoms with Gasteiger partial charge in [-0.25, -0.2) is 0 Å². The van der Waals surface area contributed by atoms with Crippen LogP contribution in [0.5, 0.6) is 0 Å². The van der Waals surface area contributed by atoms with Crippen LogP contribution in [0.1, 0.15) is 66.9 Å². The van der Waals surface area contributed by atoms with Gasteiger partial charge in [0.1, 0.15) is 5.76 Å². The summed E-state index contributed by atoms with van der Waals surface area (Å²) in [5.74, 6) is 0.417. The largest absolute Gasteiger partial charge is 0.507 e. The first kappa shape index (κ1) is 21.9. The van der Waals surface area contributed by atoms with Crippen LogP contribution >= 0.6 is 0 Å². The van der Waals surface area contributed by atoms with Crippen molar-refractivity contribution in [2.24, 2.45) is 31.8 Å². The molecule has 33 heavy (non-hydrogen) atoms. The number of likely N-dealkylation sites (tertiary alicyclic amines) is 1. The summed E-state index contributed by atoms with van der Waals surface area (Å²) in [6.45, 7) is 7.68. The van der Waals surface area contributed by atoms with Gasteiger partial charge in [-0.05, 0) is 64.7 Å². The molecule has 3 fully saturated rings. The lowest BCUT2D eigenvalue weighted by Gasteiger charge is -2.37. The third-order valence-corrected chi connectivity index (χ3v) is 8.64. The predicted molar refractivity (Wildman–Crippen MR) is 123 cm³/mol. The number of fused-ring (bicyclic) bond motifs is 2. The van der Waals surface area contributed by atoms with Gasteiger partial charge in [0.05, 0.1) is 29.1 Å². The van der Waals surface area contributed by atoms with E-state index in [1.165, 1.54) is 19.3 Å². The van der Waals surface area contributed by atoms with Crippen molar-refractivity contribution >= 4 is 17.4 Å². The van der Waals surface area contributed by atoms with Crippen LogP contribution < -0.4 is 0 Å². The van der Waals surface area contributed by atoms with Crippen LogP contribution in [0.25, 0.3) is 5.76 Å². The molecule has 1 aliphatic heterocycles. The van der Waals surface area contributed by atoms with E-state index in [9.17, 15) is 14.7 Å². The van der Waals surface area contributed by atoms with Gasteiger partial charge in [0.2, 0.25) is 0 Å². The van der Waals surface area contributed by atoms with Crippen molar-refractivity contribution in [2.75, 3.05) is 0 Å². The highest BCUT2D eigenvalue weighted by Gasteiger charge is 2.53. The van der Waals surface area contributed by atoms with E-state index in [1.54, 1.807) is 34.4 Å². The summed E-state index contributed by atoms with van der Waals surface area (Å²) < 4.78 is 3.43. The SMILES string of the molecule is Cc1nn(C)c(C)c1C(O)=C1C(=O)C(=O)N([C@H](C)[C@@H]2C[C@H]3CC[C@H]2C3)[C@@H]1c1cnn(C)c1C. The minimum atomic E-state index is -0.660. The second-order valence-electron chi connectivity index (χ2n) is 10.3. The second kappa shape index (κ2) is 7.57. The maximum Gasteiger partial charge on any atom is 0.295 e. The van der Waals surface area contributed by atoms with Gasteiger partial charge in [0, 0.05) is 37.1 Å². The van der Waals surface area contributed by atoms with Crippen LogP contribution in [0.3, 0.4) is 0 Å². The summed E-state index contributed by atoms with van der Waals surface area (Å²) in [6, 6.07) is -0.755. The number of hydrogen-bond donors (Lipinski definition) is 1. The van der Waals surface area contributed by atoms with E-state index >= 15 is 0 Å². The topological polar surface area (TPSA) is 93.2 Å². The fourth-order valence-corrected chi connectivity index (χ4v) is 6.70. The van der Waals surface area contributed by atoms with Crippen molar-refractivity contribution in [1.82, 2.24) is 24.5 Å². The monoisotopic (exact) mass is 451 g/mol. The molecular formula is C25H33N5O3. The maximum atomic E-state index is 13.5. The molecule has 2 aliphatic carbocycles. The quantitative estimate of drug-likeness (QED) is 0.437. The normalized spacial score (nSPS) is 29.5. The second-order valence-corrected chi connectivity index (χ2v) is 10.3. The van der Waals surface area contributed by atoms with Crippen molar-refractivity contribution in [1.29, 1.82) is 0 Å². The highest BCUT2D eigenvalue weighted by Crippen LogP contribution is 2.52. The van der Waals surface area contributed by atoms with Crippen molar-refractivity contribution in [2.45, 2.75) is 65.5 Å². The third kappa shape index (κ3) is 3.09. The number of Topliss-reactive ketones (excluding diaryl/α,β-unsaturated/α-hetero) is 1. The molecule has 0 spiro atoms. The number of carbonyl (C=O) groups excluding carboxylic acids is 2. The van der Waals surface area contributed by atoms with Gasteiger partial charge in [-0.1, -0.05) is 6.42 Å². The molecule has 5 atom stereocenters. The molecule has 2 saturated carbocycles. The van der Waals surface area contributed by atoms with Gasteiger partial charge in [-0.15, -0.1) is 0 Å². The van der Waals surface area contributed by atoms with Crippen molar-refractivity contribution < 1.29 is 14.7 Å². The Morgan fingerprint density at radius 1 is 1.09 bits per heavy atom. The molecule has 2 aromatic heterocycles. The van der Waals surface area contributed by atoms with Crippen molar-refractivity contribution in [3.05, 3.63) is 40.0 Å². The summed E-state index contributed by atoms with van der Waals surface area (Å²) in [5.41, 5.74) is 3.70. The Bertz CT molecular complexity index is 1190. The van der Waals surface area contributed by atoms with Crippen LogP contribution in [-0.2, 0) is 23.7 Å². The van der Waals surface area contributed by atoms with Crippen molar-refractivity contribution in [3.8, 4) is 0 Å². The number of aromatic nitrogens is 4. The molecule has 8 heteroatoms. The lowest BCUT2D eigenvalue weighted by Crippen LogP contribution is -2.43. The van der Waals surface area contributed by atoms with Gasteiger partial charge >= 0.3 is 0 Å². The Morgan fingerprint density at radius 3 is 2.33 bits per heavy atom. The summed E-state index contributed by atoms with van der Waals surface area (Å²) in [4.78, 5) is 28.7. The third-order valence-electron chi connectivity index (χ3n) is 8.64. The molecule has 0 unspecified atom stereocenters. The lowest BCUT2D eigenvalue weighted by atomic mass is 9.82. The molecule has 1 N–H and O–H groups in total. The van der Waals surface area contributed by atoms with Crippen LogP contribution in [0.2, 0.25) is 0 Å².